The molecule has 1 saturated heterocycles. The predicted molar refractivity (Wildman–Crippen MR) is 84.8 cm³/mol. The number of amides is 3. The minimum atomic E-state index is -4.58. The largest absolute Gasteiger partial charge is 0.433 e. The highest BCUT2D eigenvalue weighted by atomic mass is 19.4. The van der Waals surface area contributed by atoms with E-state index in [1.54, 1.807) is 12.1 Å². The van der Waals surface area contributed by atoms with Gasteiger partial charge in [-0.05, 0) is 41.7 Å². The van der Waals surface area contributed by atoms with E-state index in [0.29, 0.717) is 12.8 Å². The molecular weight excluding hydrogens is 347 g/mol. The first-order valence-electron chi connectivity index (χ1n) is 8.06. The van der Waals surface area contributed by atoms with Crippen LogP contribution in [0.15, 0.2) is 42.6 Å². The lowest BCUT2D eigenvalue weighted by molar-refractivity contribution is -0.141. The average Bonchev–Trinajstić information content (AvgIpc) is 3.09. The number of imide groups is 1. The van der Waals surface area contributed by atoms with Gasteiger partial charge in [-0.2, -0.15) is 13.2 Å². The molecule has 0 radical (unpaired) electrons. The summed E-state index contributed by atoms with van der Waals surface area (Å²) in [6, 6.07) is 9.00. The van der Waals surface area contributed by atoms with E-state index >= 15 is 0 Å². The van der Waals surface area contributed by atoms with E-state index in [9.17, 15) is 22.8 Å². The van der Waals surface area contributed by atoms with Crippen LogP contribution in [0.3, 0.4) is 0 Å². The van der Waals surface area contributed by atoms with Gasteiger partial charge in [0.25, 0.3) is 5.91 Å². The second-order valence-electron chi connectivity index (χ2n) is 6.43. The first kappa shape index (κ1) is 16.6. The molecule has 3 amide bonds. The van der Waals surface area contributed by atoms with Crippen LogP contribution in [-0.4, -0.2) is 21.8 Å². The van der Waals surface area contributed by atoms with Crippen LogP contribution in [0.25, 0.3) is 0 Å². The van der Waals surface area contributed by atoms with Crippen LogP contribution in [0, 0.1) is 0 Å². The molecule has 0 bridgehead atoms. The zero-order chi connectivity index (χ0) is 18.5. The van der Waals surface area contributed by atoms with Gasteiger partial charge in [0.2, 0.25) is 0 Å². The lowest BCUT2D eigenvalue weighted by atomic mass is 9.92. The Kier molecular flexibility index (Phi) is 3.54. The molecule has 1 aromatic carbocycles. The number of aromatic nitrogens is 1. The number of pyridine rings is 1. The van der Waals surface area contributed by atoms with Gasteiger partial charge in [-0.25, -0.2) is 4.79 Å². The van der Waals surface area contributed by atoms with Gasteiger partial charge in [-0.1, -0.05) is 24.3 Å². The maximum absolute atomic E-state index is 13.0. The number of nitrogens with zero attached hydrogens (tertiary/aromatic N) is 2. The summed E-state index contributed by atoms with van der Waals surface area (Å²) in [5.41, 5.74) is -0.229. The summed E-state index contributed by atoms with van der Waals surface area (Å²) in [5, 5.41) is 2.75. The number of aryl methyl sites for hydroxylation is 1. The molecule has 5 nitrogen and oxygen atoms in total. The number of alkyl halides is 3. The number of rotatable bonds is 2. The molecule has 1 atom stereocenters. The van der Waals surface area contributed by atoms with E-state index in [2.05, 4.69) is 10.3 Å². The van der Waals surface area contributed by atoms with Crippen LogP contribution in [-0.2, 0) is 29.5 Å². The first-order valence-corrected chi connectivity index (χ1v) is 8.06. The molecule has 134 valence electrons. The fourth-order valence-corrected chi connectivity index (χ4v) is 3.64. The number of nitrogens with one attached hydrogen (secondary N) is 1. The van der Waals surface area contributed by atoms with Gasteiger partial charge in [-0.15, -0.1) is 0 Å². The van der Waals surface area contributed by atoms with Crippen molar-refractivity contribution in [1.29, 1.82) is 0 Å². The minimum absolute atomic E-state index is 0.194. The summed E-state index contributed by atoms with van der Waals surface area (Å²) in [7, 11) is 0. The second-order valence-corrected chi connectivity index (χ2v) is 6.43. The Labute approximate surface area is 146 Å². The molecule has 8 heteroatoms. The number of hydrogen-bond acceptors (Lipinski definition) is 3. The molecule has 1 spiro atoms. The summed E-state index contributed by atoms with van der Waals surface area (Å²) in [4.78, 5) is 29.7. The third kappa shape index (κ3) is 2.44. The van der Waals surface area contributed by atoms with Crippen molar-refractivity contribution in [2.75, 3.05) is 0 Å². The topological polar surface area (TPSA) is 62.3 Å². The highest BCUT2D eigenvalue weighted by Crippen LogP contribution is 2.41. The molecule has 1 fully saturated rings. The number of hydrogen-bond donors (Lipinski definition) is 1. The quantitative estimate of drug-likeness (QED) is 0.837. The first-order chi connectivity index (χ1) is 12.3. The van der Waals surface area contributed by atoms with Crippen molar-refractivity contribution in [1.82, 2.24) is 15.2 Å². The van der Waals surface area contributed by atoms with Gasteiger partial charge in [0.15, 0.2) is 0 Å². The molecule has 26 heavy (non-hydrogen) atoms. The molecule has 4 rings (SSSR count). The highest BCUT2D eigenvalue weighted by molar-refractivity contribution is 6.08. The van der Waals surface area contributed by atoms with Crippen molar-refractivity contribution < 1.29 is 22.8 Å². The lowest BCUT2D eigenvalue weighted by Crippen LogP contribution is -2.41. The molecular formula is C18H14F3N3O2. The molecule has 2 heterocycles. The van der Waals surface area contributed by atoms with Gasteiger partial charge in [-0.3, -0.25) is 14.7 Å². The maximum Gasteiger partial charge on any atom is 0.433 e. The molecule has 1 aliphatic carbocycles. The molecule has 2 aromatic rings. The van der Waals surface area contributed by atoms with Crippen LogP contribution in [0.4, 0.5) is 18.0 Å². The van der Waals surface area contributed by atoms with Gasteiger partial charge >= 0.3 is 12.2 Å². The Hall–Kier alpha value is -2.90. The van der Waals surface area contributed by atoms with Crippen LogP contribution in [0.1, 0.15) is 28.8 Å². The molecule has 2 aliphatic rings. The zero-order valence-electron chi connectivity index (χ0n) is 13.5. The van der Waals surface area contributed by atoms with Crippen molar-refractivity contribution in [3.8, 4) is 0 Å². The third-order valence-electron chi connectivity index (χ3n) is 4.88. The summed E-state index contributed by atoms with van der Waals surface area (Å²) in [6.07, 6.45) is -2.46. The molecule has 1 aliphatic heterocycles. The van der Waals surface area contributed by atoms with Gasteiger partial charge in [0.05, 0.1) is 6.54 Å². The summed E-state index contributed by atoms with van der Waals surface area (Å²) in [6.45, 7) is -0.236. The smallest absolute Gasteiger partial charge is 0.319 e. The SMILES string of the molecule is O=C1NC2(CCc3ccccc32)C(=O)N1Cc1ccnc(C(F)(F)F)c1. The summed E-state index contributed by atoms with van der Waals surface area (Å²) in [5.74, 6) is -0.433. The fraction of sp³-hybridized carbons (Fsp3) is 0.278. The zero-order valence-corrected chi connectivity index (χ0v) is 13.5. The van der Waals surface area contributed by atoms with Gasteiger partial charge in [0, 0.05) is 6.20 Å². The Bertz CT molecular complexity index is 913. The van der Waals surface area contributed by atoms with E-state index in [1.807, 2.05) is 12.1 Å². The molecule has 1 unspecified atom stereocenters. The van der Waals surface area contributed by atoms with E-state index < -0.39 is 29.3 Å². The summed E-state index contributed by atoms with van der Waals surface area (Å²) < 4.78 is 38.5. The van der Waals surface area contributed by atoms with Crippen LogP contribution in [0.2, 0.25) is 0 Å². The minimum Gasteiger partial charge on any atom is -0.319 e. The average molecular weight is 361 g/mol. The molecule has 1 N–H and O–H groups in total. The van der Waals surface area contributed by atoms with Crippen LogP contribution >= 0.6 is 0 Å². The lowest BCUT2D eigenvalue weighted by Gasteiger charge is -2.22. The number of carbonyl (C=O) groups excluding carboxylic acids is 2. The highest BCUT2D eigenvalue weighted by Gasteiger charge is 2.55. The maximum atomic E-state index is 13.0. The van der Waals surface area contributed by atoms with Crippen LogP contribution < -0.4 is 5.32 Å². The Balaban J connectivity index is 1.64. The standard InChI is InChI=1S/C18H14F3N3O2/c19-18(20,21)14-9-11(6-8-22-14)10-24-15(25)17(23-16(24)26)7-5-12-3-1-2-4-13(12)17/h1-4,6,8-9H,5,7,10H2,(H,23,26). The van der Waals surface area contributed by atoms with Crippen molar-refractivity contribution in [2.24, 2.45) is 0 Å². The molecule has 1 aromatic heterocycles. The Morgan fingerprint density at radius 3 is 2.73 bits per heavy atom. The van der Waals surface area contributed by atoms with E-state index in [0.717, 1.165) is 28.3 Å². The number of fused-ring (bicyclic) bond motifs is 2. The van der Waals surface area contributed by atoms with Crippen molar-refractivity contribution in [2.45, 2.75) is 31.1 Å². The Morgan fingerprint density at radius 1 is 1.19 bits per heavy atom. The van der Waals surface area contributed by atoms with Gasteiger partial charge < -0.3 is 5.32 Å². The number of benzene rings is 1. The Morgan fingerprint density at radius 2 is 1.96 bits per heavy atom. The predicted octanol–water partition coefficient (Wildman–Crippen LogP) is 2.99. The van der Waals surface area contributed by atoms with E-state index in [1.165, 1.54) is 6.07 Å². The van der Waals surface area contributed by atoms with Gasteiger partial charge in [0.1, 0.15) is 11.2 Å². The second kappa shape index (κ2) is 5.55. The number of halogens is 3. The summed E-state index contributed by atoms with van der Waals surface area (Å²) >= 11 is 0. The van der Waals surface area contributed by atoms with Crippen molar-refractivity contribution >= 4 is 11.9 Å². The van der Waals surface area contributed by atoms with E-state index in [-0.39, 0.29) is 12.1 Å². The molecule has 0 saturated carbocycles. The number of carbonyl (C=O) groups is 2. The van der Waals surface area contributed by atoms with Crippen LogP contribution in [0.5, 0.6) is 0 Å². The number of urea groups is 1. The monoisotopic (exact) mass is 361 g/mol. The van der Waals surface area contributed by atoms with E-state index in [4.69, 9.17) is 0 Å². The fourth-order valence-electron chi connectivity index (χ4n) is 3.64. The van der Waals surface area contributed by atoms with Crippen molar-refractivity contribution in [3.05, 3.63) is 65.0 Å². The van der Waals surface area contributed by atoms with Crippen molar-refractivity contribution in [3.63, 3.8) is 0 Å². The third-order valence-corrected chi connectivity index (χ3v) is 4.88. The normalized spacial score (nSPS) is 22.0.